The molecule has 0 radical (unpaired) electrons. The Kier molecular flexibility index (Phi) is 6.32. The van der Waals surface area contributed by atoms with Crippen molar-refractivity contribution >= 4 is 11.7 Å². The maximum atomic E-state index is 12.3. The molecule has 3 rings (SSSR count). The van der Waals surface area contributed by atoms with E-state index in [-0.39, 0.29) is 5.91 Å². The monoisotopic (exact) mass is 367 g/mol. The molecule has 1 saturated heterocycles. The average molecular weight is 367 g/mol. The molecule has 5 heteroatoms. The van der Waals surface area contributed by atoms with E-state index in [2.05, 4.69) is 22.1 Å². The molecular weight excluding hydrogens is 338 g/mol. The second kappa shape index (κ2) is 8.89. The van der Waals surface area contributed by atoms with Crippen molar-refractivity contribution in [3.63, 3.8) is 0 Å². The van der Waals surface area contributed by atoms with Gasteiger partial charge in [-0.3, -0.25) is 4.79 Å². The average Bonchev–Trinajstić information content (AvgIpc) is 2.67. The van der Waals surface area contributed by atoms with E-state index in [9.17, 15) is 4.79 Å². The summed E-state index contributed by atoms with van der Waals surface area (Å²) >= 11 is 0. The molecule has 1 aliphatic rings. The number of nitrogens with one attached hydrogen (secondary N) is 1. The number of hydrogen-bond acceptors (Lipinski definition) is 4. The van der Waals surface area contributed by atoms with Gasteiger partial charge in [-0.25, -0.2) is 4.98 Å². The number of rotatable bonds is 6. The Hall–Kier alpha value is -2.56. The Balaban J connectivity index is 1.48. The van der Waals surface area contributed by atoms with Crippen molar-refractivity contribution in [2.24, 2.45) is 5.92 Å². The highest BCUT2D eigenvalue weighted by molar-refractivity contribution is 5.80. The molecule has 0 spiro atoms. The molecule has 27 heavy (non-hydrogen) atoms. The maximum Gasteiger partial charge on any atom is 0.261 e. The molecule has 1 atom stereocenters. The molecule has 1 aromatic carbocycles. The summed E-state index contributed by atoms with van der Waals surface area (Å²) in [7, 11) is 0. The highest BCUT2D eigenvalue weighted by Crippen LogP contribution is 2.21. The Bertz CT molecular complexity index is 752. The third kappa shape index (κ3) is 5.46. The molecule has 0 saturated carbocycles. The summed E-state index contributed by atoms with van der Waals surface area (Å²) in [6, 6.07) is 11.8. The van der Waals surface area contributed by atoms with E-state index in [1.54, 1.807) is 6.92 Å². The van der Waals surface area contributed by atoms with Gasteiger partial charge < -0.3 is 15.0 Å². The zero-order chi connectivity index (χ0) is 19.2. The van der Waals surface area contributed by atoms with E-state index in [1.807, 2.05) is 49.5 Å². The van der Waals surface area contributed by atoms with Crippen LogP contribution in [0.25, 0.3) is 0 Å². The van der Waals surface area contributed by atoms with Crippen LogP contribution < -0.4 is 15.0 Å². The van der Waals surface area contributed by atoms with Crippen molar-refractivity contribution in [1.82, 2.24) is 10.3 Å². The minimum Gasteiger partial charge on any atom is -0.481 e. The van der Waals surface area contributed by atoms with Gasteiger partial charge in [-0.2, -0.15) is 0 Å². The fourth-order valence-electron chi connectivity index (χ4n) is 3.23. The van der Waals surface area contributed by atoms with Crippen molar-refractivity contribution in [1.29, 1.82) is 0 Å². The molecular formula is C22H29N3O2. The van der Waals surface area contributed by atoms with Crippen LogP contribution in [-0.2, 0) is 11.3 Å². The Morgan fingerprint density at radius 2 is 2.07 bits per heavy atom. The van der Waals surface area contributed by atoms with Gasteiger partial charge in [-0.1, -0.05) is 25.1 Å². The smallest absolute Gasteiger partial charge is 0.261 e. The molecule has 5 nitrogen and oxygen atoms in total. The standard InChI is InChI=1S/C22H29N3O2/c1-16-9-11-25(12-10-16)21-8-7-19(14-23-21)15-24-22(26)18(3)27-20-6-4-5-17(2)13-20/h4-8,13-14,16,18H,9-12,15H2,1-3H3,(H,24,26). The van der Waals surface area contributed by atoms with Gasteiger partial charge >= 0.3 is 0 Å². The normalized spacial score (nSPS) is 16.0. The quantitative estimate of drug-likeness (QED) is 0.846. The zero-order valence-electron chi connectivity index (χ0n) is 16.4. The number of amides is 1. The number of aromatic nitrogens is 1. The summed E-state index contributed by atoms with van der Waals surface area (Å²) in [6.45, 7) is 8.65. The van der Waals surface area contributed by atoms with E-state index in [4.69, 9.17) is 4.74 Å². The van der Waals surface area contributed by atoms with Crippen LogP contribution in [0.4, 0.5) is 5.82 Å². The summed E-state index contributed by atoms with van der Waals surface area (Å²) in [6.07, 6.45) is 3.74. The van der Waals surface area contributed by atoms with Crippen LogP contribution in [0.3, 0.4) is 0 Å². The number of carbonyl (C=O) groups excluding carboxylic acids is 1. The number of hydrogen-bond donors (Lipinski definition) is 1. The molecule has 2 aromatic rings. The van der Waals surface area contributed by atoms with E-state index >= 15 is 0 Å². The molecule has 0 bridgehead atoms. The topological polar surface area (TPSA) is 54.5 Å². The van der Waals surface area contributed by atoms with E-state index in [0.29, 0.717) is 12.3 Å². The number of carbonyl (C=O) groups is 1. The third-order valence-corrected chi connectivity index (χ3v) is 5.06. The van der Waals surface area contributed by atoms with Gasteiger partial charge in [0.15, 0.2) is 6.10 Å². The van der Waals surface area contributed by atoms with Gasteiger partial charge in [-0.05, 0) is 61.9 Å². The summed E-state index contributed by atoms with van der Waals surface area (Å²) in [5, 5.41) is 2.92. The number of anilines is 1. The van der Waals surface area contributed by atoms with Crippen LogP contribution in [0.2, 0.25) is 0 Å². The first-order chi connectivity index (χ1) is 13.0. The van der Waals surface area contributed by atoms with Crippen LogP contribution in [-0.4, -0.2) is 30.1 Å². The second-order valence-corrected chi connectivity index (χ2v) is 7.49. The highest BCUT2D eigenvalue weighted by Gasteiger charge is 2.17. The first kappa shape index (κ1) is 19.2. The van der Waals surface area contributed by atoms with Crippen LogP contribution in [0.5, 0.6) is 5.75 Å². The molecule has 1 amide bonds. The summed E-state index contributed by atoms with van der Waals surface area (Å²) in [4.78, 5) is 19.2. The number of ether oxygens (including phenoxy) is 1. The number of aryl methyl sites for hydroxylation is 1. The first-order valence-electron chi connectivity index (χ1n) is 9.72. The number of benzene rings is 1. The van der Waals surface area contributed by atoms with Crippen molar-refractivity contribution in [3.8, 4) is 5.75 Å². The Morgan fingerprint density at radius 3 is 2.74 bits per heavy atom. The molecule has 1 aliphatic heterocycles. The van der Waals surface area contributed by atoms with Crippen LogP contribution in [0.15, 0.2) is 42.6 Å². The van der Waals surface area contributed by atoms with Crippen LogP contribution in [0.1, 0.15) is 37.8 Å². The lowest BCUT2D eigenvalue weighted by Gasteiger charge is -2.31. The third-order valence-electron chi connectivity index (χ3n) is 5.06. The number of nitrogens with zero attached hydrogens (tertiary/aromatic N) is 2. The van der Waals surface area contributed by atoms with E-state index in [0.717, 1.165) is 36.0 Å². The van der Waals surface area contributed by atoms with Gasteiger partial charge in [0.1, 0.15) is 11.6 Å². The fraction of sp³-hybridized carbons (Fsp3) is 0.455. The predicted octanol–water partition coefficient (Wildman–Crippen LogP) is 3.71. The van der Waals surface area contributed by atoms with Crippen molar-refractivity contribution in [3.05, 3.63) is 53.7 Å². The van der Waals surface area contributed by atoms with Gasteiger partial charge in [-0.15, -0.1) is 0 Å². The largest absolute Gasteiger partial charge is 0.481 e. The molecule has 1 aromatic heterocycles. The molecule has 1 fully saturated rings. The first-order valence-corrected chi connectivity index (χ1v) is 9.72. The number of pyridine rings is 1. The lowest BCUT2D eigenvalue weighted by Crippen LogP contribution is -2.36. The Labute approximate surface area is 161 Å². The fourth-order valence-corrected chi connectivity index (χ4v) is 3.23. The minimum absolute atomic E-state index is 0.134. The van der Waals surface area contributed by atoms with Crippen LogP contribution in [0, 0.1) is 12.8 Å². The SMILES string of the molecule is Cc1cccc(OC(C)C(=O)NCc2ccc(N3CCC(C)CC3)nc2)c1. The van der Waals surface area contributed by atoms with Gasteiger partial charge in [0.05, 0.1) is 0 Å². The highest BCUT2D eigenvalue weighted by atomic mass is 16.5. The lowest BCUT2D eigenvalue weighted by atomic mass is 9.99. The molecule has 1 N–H and O–H groups in total. The van der Waals surface area contributed by atoms with Gasteiger partial charge in [0, 0.05) is 25.8 Å². The summed E-state index contributed by atoms with van der Waals surface area (Å²) in [5.41, 5.74) is 2.09. The van der Waals surface area contributed by atoms with Crippen molar-refractivity contribution in [2.75, 3.05) is 18.0 Å². The summed E-state index contributed by atoms with van der Waals surface area (Å²) < 4.78 is 5.72. The second-order valence-electron chi connectivity index (χ2n) is 7.49. The van der Waals surface area contributed by atoms with Crippen LogP contribution >= 0.6 is 0 Å². The zero-order valence-corrected chi connectivity index (χ0v) is 16.4. The lowest BCUT2D eigenvalue weighted by molar-refractivity contribution is -0.127. The molecule has 144 valence electrons. The molecule has 1 unspecified atom stereocenters. The molecule has 0 aliphatic carbocycles. The van der Waals surface area contributed by atoms with E-state index in [1.165, 1.54) is 12.8 Å². The Morgan fingerprint density at radius 1 is 1.30 bits per heavy atom. The molecule has 2 heterocycles. The van der Waals surface area contributed by atoms with Crippen molar-refractivity contribution < 1.29 is 9.53 Å². The summed E-state index contributed by atoms with van der Waals surface area (Å²) in [5.74, 6) is 2.40. The van der Waals surface area contributed by atoms with E-state index < -0.39 is 6.10 Å². The van der Waals surface area contributed by atoms with Gasteiger partial charge in [0.2, 0.25) is 0 Å². The minimum atomic E-state index is -0.547. The number of piperidine rings is 1. The van der Waals surface area contributed by atoms with Crippen molar-refractivity contribution in [2.45, 2.75) is 46.3 Å². The maximum absolute atomic E-state index is 12.3. The predicted molar refractivity (Wildman–Crippen MR) is 108 cm³/mol. The van der Waals surface area contributed by atoms with Gasteiger partial charge in [0.25, 0.3) is 5.91 Å².